The number of nitrogens with zero attached hydrogens (tertiary/aromatic N) is 1. The van der Waals surface area contributed by atoms with E-state index in [0.29, 0.717) is 12.2 Å². The van der Waals surface area contributed by atoms with Crippen LogP contribution in [0.2, 0.25) is 0 Å². The molecule has 0 fully saturated rings. The van der Waals surface area contributed by atoms with Crippen LogP contribution in [0.25, 0.3) is 0 Å². The highest BCUT2D eigenvalue weighted by Gasteiger charge is 2.07. The van der Waals surface area contributed by atoms with Crippen LogP contribution in [0.3, 0.4) is 0 Å². The Hall–Kier alpha value is -1.62. The highest BCUT2D eigenvalue weighted by Crippen LogP contribution is 2.18. The number of rotatable bonds is 5. The third-order valence-corrected chi connectivity index (χ3v) is 2.16. The monoisotopic (exact) mass is 269 g/mol. The standard InChI is InChI=1S/C8H15NO2.C6H8O2/c1-7(2)8(10)11-6-5-9(3)4;1-5(7)8-6-3-2-4-6/h1,5-6H2,2-4H3;3H,2,4H2,1H3. The number of ether oxygens (including phenoxy) is 2. The molecule has 0 bridgehead atoms. The molecular weight excluding hydrogens is 246 g/mol. The predicted octanol–water partition coefficient (Wildman–Crippen LogP) is 1.89. The minimum atomic E-state index is -0.313. The summed E-state index contributed by atoms with van der Waals surface area (Å²) in [5.41, 5.74) is 0.448. The molecule has 19 heavy (non-hydrogen) atoms. The molecule has 0 aromatic rings. The zero-order valence-corrected chi connectivity index (χ0v) is 12.2. The second kappa shape index (κ2) is 9.33. The second-order valence-corrected chi connectivity index (χ2v) is 4.52. The smallest absolute Gasteiger partial charge is 0.333 e. The van der Waals surface area contributed by atoms with Crippen molar-refractivity contribution >= 4 is 11.9 Å². The number of carbonyl (C=O) groups excluding carboxylic acids is 2. The molecule has 5 heteroatoms. The van der Waals surface area contributed by atoms with Gasteiger partial charge in [0, 0.05) is 25.5 Å². The minimum absolute atomic E-state index is 0.212. The molecule has 0 amide bonds. The van der Waals surface area contributed by atoms with Crippen LogP contribution < -0.4 is 0 Å². The highest BCUT2D eigenvalue weighted by atomic mass is 16.5. The summed E-state index contributed by atoms with van der Waals surface area (Å²) in [6, 6.07) is 0. The molecule has 1 aliphatic rings. The Kier molecular flexibility index (Phi) is 8.53. The maximum absolute atomic E-state index is 10.8. The van der Waals surface area contributed by atoms with Gasteiger partial charge in [-0.2, -0.15) is 0 Å². The van der Waals surface area contributed by atoms with Gasteiger partial charge >= 0.3 is 11.9 Å². The van der Waals surface area contributed by atoms with Gasteiger partial charge in [0.05, 0.1) is 0 Å². The summed E-state index contributed by atoms with van der Waals surface area (Å²) >= 11 is 0. The van der Waals surface area contributed by atoms with Crippen molar-refractivity contribution in [3.63, 3.8) is 0 Å². The quantitative estimate of drug-likeness (QED) is 0.563. The summed E-state index contributed by atoms with van der Waals surface area (Å²) in [7, 11) is 3.85. The fourth-order valence-corrected chi connectivity index (χ4v) is 0.984. The Morgan fingerprint density at radius 3 is 2.21 bits per heavy atom. The Balaban J connectivity index is 0.000000356. The minimum Gasteiger partial charge on any atom is -0.461 e. The van der Waals surface area contributed by atoms with E-state index in [1.807, 2.05) is 25.1 Å². The van der Waals surface area contributed by atoms with Gasteiger partial charge in [0.15, 0.2) is 0 Å². The second-order valence-electron chi connectivity index (χ2n) is 4.52. The maximum Gasteiger partial charge on any atom is 0.333 e. The van der Waals surface area contributed by atoms with Crippen LogP contribution in [0.15, 0.2) is 24.0 Å². The molecule has 0 aromatic heterocycles. The molecule has 0 heterocycles. The first-order valence-electron chi connectivity index (χ1n) is 6.17. The molecule has 0 aromatic carbocycles. The molecule has 5 nitrogen and oxygen atoms in total. The number of carbonyl (C=O) groups is 2. The van der Waals surface area contributed by atoms with Gasteiger partial charge in [-0.3, -0.25) is 4.79 Å². The number of hydrogen-bond acceptors (Lipinski definition) is 5. The molecule has 1 aliphatic carbocycles. The van der Waals surface area contributed by atoms with Gasteiger partial charge < -0.3 is 14.4 Å². The third kappa shape index (κ3) is 10.0. The van der Waals surface area contributed by atoms with Gasteiger partial charge in [0.25, 0.3) is 0 Å². The summed E-state index contributed by atoms with van der Waals surface area (Å²) in [4.78, 5) is 22.9. The van der Waals surface area contributed by atoms with Gasteiger partial charge in [-0.1, -0.05) is 6.58 Å². The van der Waals surface area contributed by atoms with E-state index in [2.05, 4.69) is 6.58 Å². The van der Waals surface area contributed by atoms with Gasteiger partial charge in [0.1, 0.15) is 12.4 Å². The number of likely N-dealkylation sites (N-methyl/N-ethyl adjacent to an activating group) is 1. The Morgan fingerprint density at radius 1 is 1.37 bits per heavy atom. The average Bonchev–Trinajstić information content (AvgIpc) is 2.23. The first-order valence-corrected chi connectivity index (χ1v) is 6.17. The Labute approximate surface area is 114 Å². The molecule has 0 unspecified atom stereocenters. The lowest BCUT2D eigenvalue weighted by Gasteiger charge is -2.11. The molecule has 108 valence electrons. The van der Waals surface area contributed by atoms with E-state index >= 15 is 0 Å². The van der Waals surface area contributed by atoms with Crippen LogP contribution in [0.4, 0.5) is 0 Å². The van der Waals surface area contributed by atoms with Crippen LogP contribution in [0.5, 0.6) is 0 Å². The van der Waals surface area contributed by atoms with Gasteiger partial charge in [-0.25, -0.2) is 4.79 Å². The molecule has 0 atom stereocenters. The van der Waals surface area contributed by atoms with Crippen LogP contribution in [-0.2, 0) is 19.1 Å². The van der Waals surface area contributed by atoms with Gasteiger partial charge in [-0.05, 0) is 33.5 Å². The molecule has 0 N–H and O–H groups in total. The summed E-state index contributed by atoms with van der Waals surface area (Å²) in [5, 5.41) is 0. The Bertz CT molecular complexity index is 358. The number of hydrogen-bond donors (Lipinski definition) is 0. The van der Waals surface area contributed by atoms with Crippen molar-refractivity contribution in [3.8, 4) is 0 Å². The van der Waals surface area contributed by atoms with Gasteiger partial charge in [0.2, 0.25) is 0 Å². The SMILES string of the molecule is C=C(C)C(=O)OCCN(C)C.CC(=O)OC1=CCC1. The van der Waals surface area contributed by atoms with Crippen LogP contribution in [-0.4, -0.2) is 44.1 Å². The van der Waals surface area contributed by atoms with Crippen LogP contribution in [0.1, 0.15) is 26.7 Å². The van der Waals surface area contributed by atoms with Crippen molar-refractivity contribution < 1.29 is 19.1 Å². The van der Waals surface area contributed by atoms with Crippen molar-refractivity contribution in [1.82, 2.24) is 4.90 Å². The van der Waals surface area contributed by atoms with Crippen LogP contribution >= 0.6 is 0 Å². The fraction of sp³-hybridized carbons (Fsp3) is 0.571. The van der Waals surface area contributed by atoms with Crippen molar-refractivity contribution in [3.05, 3.63) is 24.0 Å². The molecule has 0 spiro atoms. The topological polar surface area (TPSA) is 55.8 Å². The summed E-state index contributed by atoms with van der Waals surface area (Å²) in [6.07, 6.45) is 3.91. The summed E-state index contributed by atoms with van der Waals surface area (Å²) in [5.74, 6) is 0.306. The van der Waals surface area contributed by atoms with E-state index in [1.54, 1.807) is 6.92 Å². The van der Waals surface area contributed by atoms with E-state index in [4.69, 9.17) is 9.47 Å². The number of allylic oxidation sites excluding steroid dienone is 2. The fourth-order valence-electron chi connectivity index (χ4n) is 0.984. The summed E-state index contributed by atoms with van der Waals surface area (Å²) < 4.78 is 9.54. The van der Waals surface area contributed by atoms with E-state index in [-0.39, 0.29) is 11.9 Å². The number of esters is 2. The largest absolute Gasteiger partial charge is 0.461 e. The zero-order chi connectivity index (χ0) is 14.8. The summed E-state index contributed by atoms with van der Waals surface area (Å²) in [6.45, 7) is 7.70. The lowest BCUT2D eigenvalue weighted by molar-refractivity contribution is -0.139. The average molecular weight is 269 g/mol. The molecule has 0 radical (unpaired) electrons. The predicted molar refractivity (Wildman–Crippen MR) is 73.4 cm³/mol. The highest BCUT2D eigenvalue weighted by molar-refractivity contribution is 5.86. The van der Waals surface area contributed by atoms with Crippen molar-refractivity contribution in [1.29, 1.82) is 0 Å². The van der Waals surface area contributed by atoms with E-state index in [0.717, 1.165) is 25.1 Å². The normalized spacial score (nSPS) is 12.6. The van der Waals surface area contributed by atoms with E-state index in [9.17, 15) is 9.59 Å². The molecule has 0 saturated heterocycles. The molecule has 0 saturated carbocycles. The lowest BCUT2D eigenvalue weighted by Crippen LogP contribution is -2.20. The third-order valence-electron chi connectivity index (χ3n) is 2.16. The molecule has 1 rings (SSSR count). The lowest BCUT2D eigenvalue weighted by atomic mass is 10.1. The van der Waals surface area contributed by atoms with E-state index < -0.39 is 0 Å². The van der Waals surface area contributed by atoms with Crippen molar-refractivity contribution in [2.75, 3.05) is 27.2 Å². The molecule has 0 aliphatic heterocycles. The Morgan fingerprint density at radius 2 is 1.95 bits per heavy atom. The zero-order valence-electron chi connectivity index (χ0n) is 12.2. The van der Waals surface area contributed by atoms with Crippen molar-refractivity contribution in [2.45, 2.75) is 26.7 Å². The van der Waals surface area contributed by atoms with Gasteiger partial charge in [-0.15, -0.1) is 0 Å². The molecular formula is C14H23NO4. The first kappa shape index (κ1) is 17.4. The van der Waals surface area contributed by atoms with Crippen molar-refractivity contribution in [2.24, 2.45) is 0 Å². The van der Waals surface area contributed by atoms with Crippen LogP contribution in [0, 0.1) is 0 Å². The van der Waals surface area contributed by atoms with E-state index in [1.165, 1.54) is 6.92 Å². The maximum atomic E-state index is 10.8. The first-order chi connectivity index (χ1) is 8.82.